The third-order valence-corrected chi connectivity index (χ3v) is 0. The van der Waals surface area contributed by atoms with Gasteiger partial charge in [-0.15, -0.1) is 0 Å². The van der Waals surface area contributed by atoms with Crippen molar-refractivity contribution in [3.63, 3.8) is 0 Å². The maximum absolute atomic E-state index is 0. The smallest absolute Gasteiger partial charge is 0 e. The predicted molar refractivity (Wildman–Crippen MR) is 0 cm³/mol. The van der Waals surface area contributed by atoms with Crippen molar-refractivity contribution >= 4 is 0 Å². The molecule has 0 aliphatic carbocycles. The molecule has 31 valence electrons. The molecule has 4 heavy (non-hydrogen) atoms. The molecule has 0 nitrogen and oxygen atoms in total. The van der Waals surface area contributed by atoms with Crippen LogP contribution in [0, 0.1) is 0 Å². The summed E-state index contributed by atoms with van der Waals surface area (Å²) in [5.41, 5.74) is 0. The molecule has 0 fully saturated rings. The van der Waals surface area contributed by atoms with Crippen LogP contribution in [-0.4, -0.2) is 0 Å². The SMILES string of the molecule is [Hf].[Ir].[Ir].[Ir]. The molecule has 0 unspecified atom stereocenters. The van der Waals surface area contributed by atoms with E-state index in [1.54, 1.807) is 0 Å². The van der Waals surface area contributed by atoms with Crippen molar-refractivity contribution in [3.05, 3.63) is 0 Å². The molecular formula is HfIr3. The Labute approximate surface area is 84.7 Å². The van der Waals surface area contributed by atoms with E-state index in [9.17, 15) is 0 Å². The van der Waals surface area contributed by atoms with Crippen molar-refractivity contribution in [3.8, 4) is 0 Å². The number of hydrogen-bond acceptors (Lipinski definition) is 0. The van der Waals surface area contributed by atoms with Gasteiger partial charge in [-0.3, -0.25) is 0 Å². The van der Waals surface area contributed by atoms with Gasteiger partial charge in [0.15, 0.2) is 0 Å². The van der Waals surface area contributed by atoms with E-state index in [1.807, 2.05) is 0 Å². The van der Waals surface area contributed by atoms with E-state index in [0.29, 0.717) is 0 Å². The van der Waals surface area contributed by atoms with Gasteiger partial charge in [0.05, 0.1) is 0 Å². The van der Waals surface area contributed by atoms with E-state index in [2.05, 4.69) is 0 Å². The van der Waals surface area contributed by atoms with Crippen LogP contribution in [0.1, 0.15) is 0 Å². The predicted octanol–water partition coefficient (Wildman–Crippen LogP) is -0.0100. The van der Waals surface area contributed by atoms with Gasteiger partial charge in [-0.1, -0.05) is 0 Å². The molecule has 0 amide bonds. The van der Waals surface area contributed by atoms with Gasteiger partial charge in [0, 0.05) is 86.2 Å². The minimum Gasteiger partial charge on any atom is 0 e. The Hall–Kier alpha value is 2.82. The zero-order chi connectivity index (χ0) is 0. The largest absolute Gasteiger partial charge is 0 e. The van der Waals surface area contributed by atoms with Gasteiger partial charge in [0.1, 0.15) is 0 Å². The average molecular weight is 755 g/mol. The van der Waals surface area contributed by atoms with Gasteiger partial charge in [-0.25, -0.2) is 0 Å². The van der Waals surface area contributed by atoms with Gasteiger partial charge < -0.3 is 0 Å². The van der Waals surface area contributed by atoms with Gasteiger partial charge >= 0.3 is 0 Å². The van der Waals surface area contributed by atoms with Crippen LogP contribution in [0.2, 0.25) is 0 Å². The minimum atomic E-state index is 0. The fourth-order valence-corrected chi connectivity index (χ4v) is 0. The summed E-state index contributed by atoms with van der Waals surface area (Å²) >= 11 is 0. The molecule has 0 spiro atoms. The number of hydrogen-bond donors (Lipinski definition) is 0. The Morgan fingerprint density at radius 1 is 0.500 bits per heavy atom. The van der Waals surface area contributed by atoms with Crippen LogP contribution in [0.15, 0.2) is 0 Å². The first-order chi connectivity index (χ1) is 0. The molecule has 0 aliphatic rings. The Morgan fingerprint density at radius 3 is 0.500 bits per heavy atom. The van der Waals surface area contributed by atoms with Gasteiger partial charge in [-0.05, 0) is 0 Å². The maximum Gasteiger partial charge on any atom is 0 e. The average Bonchev–Trinajstić information content (AvgIpc) is 0. The summed E-state index contributed by atoms with van der Waals surface area (Å²) in [6, 6.07) is 0. The third-order valence-electron chi connectivity index (χ3n) is 0. The minimum absolute atomic E-state index is 0. The summed E-state index contributed by atoms with van der Waals surface area (Å²) in [7, 11) is 0. The second kappa shape index (κ2) is 17.0. The molecular weight excluding hydrogens is 755 g/mol. The quantitative estimate of drug-likeness (QED) is 0.306. The molecule has 0 heterocycles. The molecule has 0 N–H and O–H groups in total. The van der Waals surface area contributed by atoms with Crippen LogP contribution in [0.3, 0.4) is 0 Å². The van der Waals surface area contributed by atoms with Crippen molar-refractivity contribution in [2.24, 2.45) is 0 Å². The summed E-state index contributed by atoms with van der Waals surface area (Å²) in [6.07, 6.45) is 0. The second-order valence-corrected chi connectivity index (χ2v) is 0. The van der Waals surface area contributed by atoms with Gasteiger partial charge in [0.25, 0.3) is 0 Å². The van der Waals surface area contributed by atoms with Crippen molar-refractivity contribution < 1.29 is 86.2 Å². The van der Waals surface area contributed by atoms with E-state index in [4.69, 9.17) is 0 Å². The number of rotatable bonds is 0. The summed E-state index contributed by atoms with van der Waals surface area (Å²) in [5.74, 6) is 0. The second-order valence-electron chi connectivity index (χ2n) is 0. The fraction of sp³-hybridized carbons (Fsp3) is 0. The Bertz CT molecular complexity index is 3.25. The fourth-order valence-electron chi connectivity index (χ4n) is 0. The molecule has 0 atom stereocenters. The topological polar surface area (TPSA) is 0 Å². The molecule has 3 radical (unpaired) electrons. The van der Waals surface area contributed by atoms with Crippen molar-refractivity contribution in [1.82, 2.24) is 0 Å². The zero-order valence-corrected chi connectivity index (χ0v) is 12.3. The van der Waals surface area contributed by atoms with E-state index in [-0.39, 0.29) is 86.2 Å². The summed E-state index contributed by atoms with van der Waals surface area (Å²) in [4.78, 5) is 0. The zero-order valence-electron chi connectivity index (χ0n) is 1.50. The van der Waals surface area contributed by atoms with E-state index >= 15 is 0 Å². The molecule has 4 heteroatoms. The van der Waals surface area contributed by atoms with E-state index < -0.39 is 0 Å². The summed E-state index contributed by atoms with van der Waals surface area (Å²) in [6.45, 7) is 0. The Morgan fingerprint density at radius 2 is 0.500 bits per heavy atom. The standard InChI is InChI=1S/Hf.3Ir. The van der Waals surface area contributed by atoms with Gasteiger partial charge in [-0.2, -0.15) is 0 Å². The van der Waals surface area contributed by atoms with Crippen LogP contribution in [0.5, 0.6) is 0 Å². The molecule has 0 saturated heterocycles. The first kappa shape index (κ1) is 29.1. The maximum atomic E-state index is 0. The van der Waals surface area contributed by atoms with Crippen LogP contribution in [-0.2, 0) is 86.2 Å². The first-order valence-corrected chi connectivity index (χ1v) is 0. The monoisotopic (exact) mass is 759 g/mol. The first-order valence-electron chi connectivity index (χ1n) is 0. The normalized spacial score (nSPS) is 0. The summed E-state index contributed by atoms with van der Waals surface area (Å²) < 4.78 is 0. The van der Waals surface area contributed by atoms with Crippen molar-refractivity contribution in [2.45, 2.75) is 0 Å². The van der Waals surface area contributed by atoms with Crippen LogP contribution < -0.4 is 0 Å². The molecule has 0 aromatic rings. The van der Waals surface area contributed by atoms with Crippen molar-refractivity contribution in [1.29, 1.82) is 0 Å². The van der Waals surface area contributed by atoms with Crippen LogP contribution in [0.25, 0.3) is 0 Å². The molecule has 0 aromatic carbocycles. The molecule has 0 aromatic heterocycles. The Balaban J connectivity index is 0. The van der Waals surface area contributed by atoms with E-state index in [1.165, 1.54) is 0 Å². The van der Waals surface area contributed by atoms with Gasteiger partial charge in [0.2, 0.25) is 0 Å². The van der Waals surface area contributed by atoms with Crippen LogP contribution in [0.4, 0.5) is 0 Å². The van der Waals surface area contributed by atoms with Crippen molar-refractivity contribution in [2.75, 3.05) is 0 Å². The third kappa shape index (κ3) is 8.84. The molecule has 0 saturated carbocycles. The molecule has 0 aliphatic heterocycles. The van der Waals surface area contributed by atoms with Crippen LogP contribution >= 0.6 is 0 Å². The Kier molecular flexibility index (Phi) is 124. The molecule has 0 bridgehead atoms. The van der Waals surface area contributed by atoms with E-state index in [0.717, 1.165) is 0 Å². The molecule has 0 rings (SSSR count). The summed E-state index contributed by atoms with van der Waals surface area (Å²) in [5, 5.41) is 0.